The van der Waals surface area contributed by atoms with Crippen molar-refractivity contribution in [1.82, 2.24) is 4.90 Å². The number of benzene rings is 1. The van der Waals surface area contributed by atoms with Gasteiger partial charge in [-0.2, -0.15) is 0 Å². The number of piperidine rings is 3. The average molecular weight is 399 g/mol. The molecule has 1 unspecified atom stereocenters. The molecule has 0 spiro atoms. The monoisotopic (exact) mass is 398 g/mol. The van der Waals surface area contributed by atoms with Gasteiger partial charge in [0.2, 0.25) is 0 Å². The molecule has 26 heavy (non-hydrogen) atoms. The predicted octanol–water partition coefficient (Wildman–Crippen LogP) is 3.61. The summed E-state index contributed by atoms with van der Waals surface area (Å²) in [5, 5.41) is 14.6. The van der Waals surface area contributed by atoms with Crippen LogP contribution in [0.3, 0.4) is 0 Å². The van der Waals surface area contributed by atoms with E-state index in [2.05, 4.69) is 28.9 Å². The summed E-state index contributed by atoms with van der Waals surface area (Å²) in [5.74, 6) is 2.07. The number of ether oxygens (including phenoxy) is 1. The first-order chi connectivity index (χ1) is 11.7. The Kier molecular flexibility index (Phi) is 7.03. The van der Waals surface area contributed by atoms with E-state index in [0.29, 0.717) is 11.8 Å². The molecule has 0 aliphatic carbocycles. The van der Waals surface area contributed by atoms with Crippen molar-refractivity contribution in [3.8, 4) is 5.75 Å². The number of anilines is 1. The molecule has 0 radical (unpaired) electrons. The summed E-state index contributed by atoms with van der Waals surface area (Å²) in [6.07, 6.45) is 6.06. The fourth-order valence-corrected chi connectivity index (χ4v) is 4.62. The van der Waals surface area contributed by atoms with Crippen LogP contribution in [0.1, 0.15) is 18.4 Å². The second kappa shape index (κ2) is 8.66. The van der Waals surface area contributed by atoms with Gasteiger partial charge in [-0.3, -0.25) is 4.90 Å². The van der Waals surface area contributed by atoms with Crippen molar-refractivity contribution in [2.75, 3.05) is 32.1 Å². The van der Waals surface area contributed by atoms with Crippen LogP contribution in [-0.4, -0.2) is 48.9 Å². The van der Waals surface area contributed by atoms with Gasteiger partial charge in [-0.1, -0.05) is 12.2 Å². The lowest BCUT2D eigenvalue weighted by molar-refractivity contribution is -0.0254. The van der Waals surface area contributed by atoms with Crippen LogP contribution in [0.15, 0.2) is 36.9 Å². The van der Waals surface area contributed by atoms with Crippen LogP contribution in [0, 0.1) is 11.8 Å². The fourth-order valence-electron chi connectivity index (χ4n) is 4.62. The van der Waals surface area contributed by atoms with Crippen LogP contribution >= 0.6 is 24.8 Å². The molecular weight excluding hydrogens is 371 g/mol. The zero-order chi connectivity index (χ0) is 16.7. The molecule has 4 heterocycles. The Labute approximate surface area is 168 Å². The number of nitrogens with zero attached hydrogens (tertiary/aromatic N) is 1. The van der Waals surface area contributed by atoms with Crippen molar-refractivity contribution in [2.45, 2.75) is 25.0 Å². The number of methoxy groups -OCH3 is 1. The van der Waals surface area contributed by atoms with E-state index < -0.39 is 6.10 Å². The van der Waals surface area contributed by atoms with Gasteiger partial charge in [-0.25, -0.2) is 0 Å². The molecule has 4 aliphatic heterocycles. The highest BCUT2D eigenvalue weighted by atomic mass is 35.5. The molecule has 2 bridgehead atoms. The third-order valence-electron chi connectivity index (χ3n) is 5.99. The van der Waals surface area contributed by atoms with Crippen LogP contribution < -0.4 is 10.1 Å². The van der Waals surface area contributed by atoms with Gasteiger partial charge in [0.15, 0.2) is 0 Å². The first kappa shape index (κ1) is 21.1. The summed E-state index contributed by atoms with van der Waals surface area (Å²) in [6, 6.07) is 6.24. The summed E-state index contributed by atoms with van der Waals surface area (Å²) < 4.78 is 5.37. The fraction of sp³-hybridized carbons (Fsp3) is 0.500. The standard InChI is InChI=1S/C20H26N2O2.2ClH/c1-3-13-12-22-9-7-14(13)10-19(22)20(23)16-6-8-21-18-5-4-15(24-2)11-17(16)18;;/h3-6,11,13-14,19-21,23H,1,7-10,12H2,2H3;2*1H/t13-,14-,19+,20-;;/m0../s1. The van der Waals surface area contributed by atoms with Gasteiger partial charge in [-0.15, -0.1) is 31.4 Å². The molecule has 3 fully saturated rings. The summed E-state index contributed by atoms with van der Waals surface area (Å²) in [7, 11) is 1.68. The Morgan fingerprint density at radius 1 is 1.38 bits per heavy atom. The minimum atomic E-state index is -0.452. The van der Waals surface area contributed by atoms with Crippen LogP contribution in [0.5, 0.6) is 5.75 Å². The molecule has 1 aromatic carbocycles. The van der Waals surface area contributed by atoms with E-state index in [1.54, 1.807) is 7.11 Å². The van der Waals surface area contributed by atoms with Gasteiger partial charge in [-0.05, 0) is 55.0 Å². The maximum absolute atomic E-state index is 11.2. The molecule has 4 nitrogen and oxygen atoms in total. The Balaban J connectivity index is 0.00000121. The van der Waals surface area contributed by atoms with Crippen molar-refractivity contribution >= 4 is 36.1 Å². The van der Waals surface area contributed by atoms with Crippen LogP contribution in [0.4, 0.5) is 5.69 Å². The highest BCUT2D eigenvalue weighted by molar-refractivity contribution is 5.85. The van der Waals surface area contributed by atoms with E-state index in [1.807, 2.05) is 18.2 Å². The Hall–Kier alpha value is -1.20. The normalized spacial score (nSPS) is 29.8. The highest BCUT2D eigenvalue weighted by Crippen LogP contribution is 2.42. The molecule has 6 heteroatoms. The predicted molar refractivity (Wildman–Crippen MR) is 112 cm³/mol. The van der Waals surface area contributed by atoms with Crippen molar-refractivity contribution in [2.24, 2.45) is 11.8 Å². The van der Waals surface area contributed by atoms with Crippen LogP contribution in [-0.2, 0) is 0 Å². The molecule has 5 rings (SSSR count). The second-order valence-corrected chi connectivity index (χ2v) is 7.14. The first-order valence-corrected chi connectivity index (χ1v) is 8.88. The number of aliphatic hydroxyl groups is 1. The summed E-state index contributed by atoms with van der Waals surface area (Å²) >= 11 is 0. The number of nitrogens with one attached hydrogen (secondary N) is 1. The molecule has 4 aliphatic rings. The lowest BCUT2D eigenvalue weighted by atomic mass is 9.73. The summed E-state index contributed by atoms with van der Waals surface area (Å²) in [6.45, 7) is 6.87. The minimum absolute atomic E-state index is 0. The average Bonchev–Trinajstić information content (AvgIpc) is 2.66. The van der Waals surface area contributed by atoms with Crippen LogP contribution in [0.2, 0.25) is 0 Å². The summed E-state index contributed by atoms with van der Waals surface area (Å²) in [4.78, 5) is 2.46. The Bertz CT molecular complexity index is 680. The van der Waals surface area contributed by atoms with Gasteiger partial charge in [0.1, 0.15) is 5.75 Å². The van der Waals surface area contributed by atoms with Crippen molar-refractivity contribution < 1.29 is 9.84 Å². The molecule has 3 saturated heterocycles. The largest absolute Gasteiger partial charge is 0.497 e. The van der Waals surface area contributed by atoms with E-state index in [1.165, 1.54) is 6.42 Å². The topological polar surface area (TPSA) is 44.7 Å². The number of hydrogen-bond acceptors (Lipinski definition) is 4. The molecule has 144 valence electrons. The lowest BCUT2D eigenvalue weighted by Gasteiger charge is -2.51. The number of hydrogen-bond donors (Lipinski definition) is 2. The molecule has 2 N–H and O–H groups in total. The smallest absolute Gasteiger partial charge is 0.119 e. The minimum Gasteiger partial charge on any atom is -0.497 e. The molecule has 0 amide bonds. The van der Waals surface area contributed by atoms with Gasteiger partial charge < -0.3 is 15.2 Å². The van der Waals surface area contributed by atoms with E-state index in [-0.39, 0.29) is 30.9 Å². The van der Waals surface area contributed by atoms with Crippen molar-refractivity contribution in [1.29, 1.82) is 0 Å². The Morgan fingerprint density at radius 3 is 2.85 bits per heavy atom. The van der Waals surface area contributed by atoms with Crippen molar-refractivity contribution in [3.63, 3.8) is 0 Å². The highest BCUT2D eigenvalue weighted by Gasteiger charge is 2.42. The van der Waals surface area contributed by atoms with Crippen LogP contribution in [0.25, 0.3) is 5.57 Å². The van der Waals surface area contributed by atoms with E-state index in [9.17, 15) is 5.11 Å². The number of rotatable bonds is 4. The molecule has 0 saturated carbocycles. The number of fused-ring (bicyclic) bond motifs is 4. The zero-order valence-electron chi connectivity index (χ0n) is 15.1. The quantitative estimate of drug-likeness (QED) is 0.760. The summed E-state index contributed by atoms with van der Waals surface area (Å²) in [5.41, 5.74) is 3.18. The third-order valence-corrected chi connectivity index (χ3v) is 5.99. The molecule has 5 atom stereocenters. The first-order valence-electron chi connectivity index (χ1n) is 8.88. The molecule has 1 aromatic rings. The lowest BCUT2D eigenvalue weighted by Crippen LogP contribution is -2.57. The SMILES string of the molecule is C=C[C@H]1CN2CC[C@H]1C[C@@H]2[C@@H](O)C1=CCNc2ccc(OC)cc21.Cl.Cl. The maximum Gasteiger partial charge on any atom is 0.119 e. The van der Waals surface area contributed by atoms with E-state index in [0.717, 1.165) is 48.6 Å². The third kappa shape index (κ3) is 3.61. The van der Waals surface area contributed by atoms with Gasteiger partial charge in [0.05, 0.1) is 13.2 Å². The number of halogens is 2. The maximum atomic E-state index is 11.2. The van der Waals surface area contributed by atoms with Gasteiger partial charge in [0, 0.05) is 30.4 Å². The molecule has 0 aromatic heterocycles. The van der Waals surface area contributed by atoms with Crippen molar-refractivity contribution in [3.05, 3.63) is 42.5 Å². The zero-order valence-corrected chi connectivity index (χ0v) is 16.7. The second-order valence-electron chi connectivity index (χ2n) is 7.14. The molecular formula is C20H28Cl2N2O2. The Morgan fingerprint density at radius 2 is 2.19 bits per heavy atom. The number of aliphatic hydroxyl groups excluding tert-OH is 1. The van der Waals surface area contributed by atoms with E-state index in [4.69, 9.17) is 4.74 Å². The van der Waals surface area contributed by atoms with E-state index >= 15 is 0 Å². The van der Waals surface area contributed by atoms with Gasteiger partial charge >= 0.3 is 0 Å². The van der Waals surface area contributed by atoms with Gasteiger partial charge in [0.25, 0.3) is 0 Å².